The van der Waals surface area contributed by atoms with Crippen LogP contribution in [0.5, 0.6) is 0 Å². The number of rotatable bonds is 4. The lowest BCUT2D eigenvalue weighted by atomic mass is 9.72. The van der Waals surface area contributed by atoms with Gasteiger partial charge in [-0.1, -0.05) is 19.1 Å². The summed E-state index contributed by atoms with van der Waals surface area (Å²) in [6, 6.07) is 8.26. The van der Waals surface area contributed by atoms with Crippen molar-refractivity contribution in [3.8, 4) is 0 Å². The molecular formula is C17H21N3O2S. The molecule has 23 heavy (non-hydrogen) atoms. The van der Waals surface area contributed by atoms with Gasteiger partial charge >= 0.3 is 0 Å². The third-order valence-electron chi connectivity index (χ3n) is 4.68. The summed E-state index contributed by atoms with van der Waals surface area (Å²) in [7, 11) is 0. The number of thiocarbonyl (C=S) groups is 1. The number of imide groups is 1. The lowest BCUT2D eigenvalue weighted by molar-refractivity contribution is -0.138. The molecular weight excluding hydrogens is 310 g/mol. The van der Waals surface area contributed by atoms with E-state index in [1.54, 1.807) is 0 Å². The second-order valence-corrected chi connectivity index (χ2v) is 6.67. The third-order valence-corrected chi connectivity index (χ3v) is 4.90. The van der Waals surface area contributed by atoms with Gasteiger partial charge in [0.1, 0.15) is 0 Å². The summed E-state index contributed by atoms with van der Waals surface area (Å²) >= 11 is 5.26. The first kappa shape index (κ1) is 15.9. The number of nitrogens with one attached hydrogen (secondary N) is 3. The van der Waals surface area contributed by atoms with Crippen molar-refractivity contribution in [2.24, 2.45) is 0 Å². The summed E-state index contributed by atoms with van der Waals surface area (Å²) in [6.45, 7) is 1.98. The van der Waals surface area contributed by atoms with Gasteiger partial charge in [-0.05, 0) is 55.6 Å². The fourth-order valence-corrected chi connectivity index (χ4v) is 3.30. The average molecular weight is 331 g/mol. The van der Waals surface area contributed by atoms with E-state index in [2.05, 4.69) is 16.0 Å². The van der Waals surface area contributed by atoms with Crippen LogP contribution < -0.4 is 16.0 Å². The fourth-order valence-electron chi connectivity index (χ4n) is 3.02. The number of carbonyl (C=O) groups excluding carboxylic acids is 2. The van der Waals surface area contributed by atoms with Crippen molar-refractivity contribution in [3.05, 3.63) is 29.8 Å². The Kier molecular flexibility index (Phi) is 4.35. The molecule has 5 nitrogen and oxygen atoms in total. The van der Waals surface area contributed by atoms with Crippen molar-refractivity contribution in [2.45, 2.75) is 50.5 Å². The molecule has 1 aromatic rings. The summed E-state index contributed by atoms with van der Waals surface area (Å²) in [4.78, 5) is 23.8. The van der Waals surface area contributed by atoms with Gasteiger partial charge in [0.25, 0.3) is 0 Å². The average Bonchev–Trinajstić information content (AvgIpc) is 3.33. The van der Waals surface area contributed by atoms with Gasteiger partial charge in [0.2, 0.25) is 11.8 Å². The quantitative estimate of drug-likeness (QED) is 0.583. The van der Waals surface area contributed by atoms with E-state index in [1.807, 2.05) is 31.2 Å². The minimum Gasteiger partial charge on any atom is -0.360 e. The van der Waals surface area contributed by atoms with Gasteiger partial charge in [0, 0.05) is 18.2 Å². The molecule has 2 fully saturated rings. The maximum atomic E-state index is 12.4. The maximum absolute atomic E-state index is 12.4. The van der Waals surface area contributed by atoms with Gasteiger partial charge in [0.05, 0.1) is 5.41 Å². The minimum absolute atomic E-state index is 0.186. The van der Waals surface area contributed by atoms with E-state index >= 15 is 0 Å². The number of anilines is 1. The van der Waals surface area contributed by atoms with Crippen LogP contribution in [0.4, 0.5) is 5.69 Å². The monoisotopic (exact) mass is 331 g/mol. The van der Waals surface area contributed by atoms with Crippen LogP contribution in [0.15, 0.2) is 24.3 Å². The van der Waals surface area contributed by atoms with Gasteiger partial charge in [-0.2, -0.15) is 0 Å². The Labute approximate surface area is 141 Å². The molecule has 1 aliphatic carbocycles. The highest BCUT2D eigenvalue weighted by atomic mass is 32.1. The second-order valence-electron chi connectivity index (χ2n) is 6.26. The lowest BCUT2D eigenvalue weighted by Gasteiger charge is -2.35. The van der Waals surface area contributed by atoms with Crippen molar-refractivity contribution in [2.75, 3.05) is 5.32 Å². The molecule has 122 valence electrons. The maximum Gasteiger partial charge on any atom is 0.237 e. The lowest BCUT2D eigenvalue weighted by Crippen LogP contribution is -2.51. The second kappa shape index (κ2) is 6.28. The van der Waals surface area contributed by atoms with Crippen LogP contribution in [0.2, 0.25) is 0 Å². The largest absolute Gasteiger partial charge is 0.360 e. The number of benzene rings is 1. The summed E-state index contributed by atoms with van der Waals surface area (Å²) in [5, 5.41) is 9.49. The molecule has 0 spiro atoms. The molecule has 1 saturated carbocycles. The minimum atomic E-state index is -0.612. The van der Waals surface area contributed by atoms with Crippen molar-refractivity contribution >= 4 is 34.8 Å². The van der Waals surface area contributed by atoms with Crippen LogP contribution in [0.25, 0.3) is 0 Å². The van der Waals surface area contributed by atoms with Crippen molar-refractivity contribution in [3.63, 3.8) is 0 Å². The Bertz CT molecular complexity index is 640. The van der Waals surface area contributed by atoms with E-state index in [1.165, 1.54) is 12.8 Å². The molecule has 1 aliphatic heterocycles. The van der Waals surface area contributed by atoms with Crippen LogP contribution in [-0.4, -0.2) is 23.0 Å². The SMILES string of the molecule is CCC1(c2ccc(NC(=S)NC3CC3)cc2)CCC(=O)NC1=O. The molecule has 3 rings (SSSR count). The summed E-state index contributed by atoms with van der Waals surface area (Å²) in [5.74, 6) is -0.378. The Hall–Kier alpha value is -1.95. The number of carbonyl (C=O) groups is 2. The molecule has 2 amide bonds. The van der Waals surface area contributed by atoms with Gasteiger partial charge < -0.3 is 10.6 Å². The first-order chi connectivity index (χ1) is 11.0. The predicted octanol–water partition coefficient (Wildman–Crippen LogP) is 2.22. The van der Waals surface area contributed by atoms with Crippen LogP contribution in [-0.2, 0) is 15.0 Å². The molecule has 3 N–H and O–H groups in total. The Balaban J connectivity index is 1.73. The Morgan fingerprint density at radius 1 is 1.30 bits per heavy atom. The number of hydrogen-bond acceptors (Lipinski definition) is 3. The Morgan fingerprint density at radius 2 is 2.00 bits per heavy atom. The van der Waals surface area contributed by atoms with Gasteiger partial charge in [-0.15, -0.1) is 0 Å². The van der Waals surface area contributed by atoms with Crippen LogP contribution in [0.1, 0.15) is 44.6 Å². The molecule has 2 aliphatic rings. The molecule has 1 saturated heterocycles. The van der Waals surface area contributed by atoms with Crippen LogP contribution in [0.3, 0.4) is 0 Å². The summed E-state index contributed by atoms with van der Waals surface area (Å²) < 4.78 is 0. The fraction of sp³-hybridized carbons (Fsp3) is 0.471. The smallest absolute Gasteiger partial charge is 0.237 e. The van der Waals surface area contributed by atoms with Crippen molar-refractivity contribution < 1.29 is 9.59 Å². The Morgan fingerprint density at radius 3 is 2.57 bits per heavy atom. The van der Waals surface area contributed by atoms with Gasteiger partial charge in [-0.25, -0.2) is 0 Å². The molecule has 1 unspecified atom stereocenters. The van der Waals surface area contributed by atoms with E-state index in [-0.39, 0.29) is 11.8 Å². The third kappa shape index (κ3) is 3.37. The molecule has 0 radical (unpaired) electrons. The standard InChI is InChI=1S/C17H21N3O2S/c1-2-17(10-9-14(21)20-15(17)22)11-3-5-12(6-4-11)18-16(23)19-13-7-8-13/h3-6,13H,2,7-10H2,1H3,(H2,18,19,23)(H,20,21,22). The molecule has 0 bridgehead atoms. The first-order valence-corrected chi connectivity index (χ1v) is 8.46. The number of piperidine rings is 1. The molecule has 6 heteroatoms. The molecule has 1 aromatic carbocycles. The number of hydrogen-bond donors (Lipinski definition) is 3. The molecule has 1 atom stereocenters. The summed E-state index contributed by atoms with van der Waals surface area (Å²) in [6.07, 6.45) is 3.96. The topological polar surface area (TPSA) is 70.2 Å². The highest BCUT2D eigenvalue weighted by Crippen LogP contribution is 2.36. The zero-order chi connectivity index (χ0) is 16.4. The van der Waals surface area contributed by atoms with Crippen molar-refractivity contribution in [1.29, 1.82) is 0 Å². The number of amides is 2. The highest BCUT2D eigenvalue weighted by Gasteiger charge is 2.42. The zero-order valence-corrected chi connectivity index (χ0v) is 14.0. The predicted molar refractivity (Wildman–Crippen MR) is 93.2 cm³/mol. The van der Waals surface area contributed by atoms with Gasteiger partial charge in [-0.3, -0.25) is 14.9 Å². The van der Waals surface area contributed by atoms with E-state index in [9.17, 15) is 9.59 Å². The van der Waals surface area contributed by atoms with Crippen LogP contribution in [0, 0.1) is 0 Å². The molecule has 1 heterocycles. The van der Waals surface area contributed by atoms with Crippen LogP contribution >= 0.6 is 12.2 Å². The summed E-state index contributed by atoms with van der Waals surface area (Å²) in [5.41, 5.74) is 1.22. The zero-order valence-electron chi connectivity index (χ0n) is 13.1. The van der Waals surface area contributed by atoms with Gasteiger partial charge in [0.15, 0.2) is 5.11 Å². The van der Waals surface area contributed by atoms with E-state index in [0.29, 0.717) is 30.4 Å². The van der Waals surface area contributed by atoms with E-state index in [0.717, 1.165) is 11.3 Å². The normalized spacial score (nSPS) is 24.0. The van der Waals surface area contributed by atoms with E-state index < -0.39 is 5.41 Å². The van der Waals surface area contributed by atoms with Crippen molar-refractivity contribution in [1.82, 2.24) is 10.6 Å². The first-order valence-electron chi connectivity index (χ1n) is 8.06. The highest BCUT2D eigenvalue weighted by molar-refractivity contribution is 7.80. The molecule has 0 aromatic heterocycles. The van der Waals surface area contributed by atoms with E-state index in [4.69, 9.17) is 12.2 Å².